The smallest absolute Gasteiger partial charge is 0.259 e. The number of aryl methyl sites for hydroxylation is 1. The molecule has 0 atom stereocenters. The van der Waals surface area contributed by atoms with E-state index in [0.717, 1.165) is 24.1 Å². The molecule has 0 spiro atoms. The second-order valence-corrected chi connectivity index (χ2v) is 8.88. The van der Waals surface area contributed by atoms with Crippen molar-refractivity contribution >= 4 is 44.6 Å². The standard InChI is InChI=1S/C24H22N6O3S/c1-14-11-16(15-7-3-4-8-18(15)33-2)17(12-25-14)22(32)29-24-28-21-23(34-24)27-19(13-26-21)30-10-6-5-9-20(30)31/h3-4,7-8,11-13H,5-6,9-10H2,1-2H3,(H,26,28,29,32). The highest BCUT2D eigenvalue weighted by Crippen LogP contribution is 2.33. The first-order valence-electron chi connectivity index (χ1n) is 10.9. The molecule has 34 heavy (non-hydrogen) atoms. The molecule has 1 N–H and O–H groups in total. The van der Waals surface area contributed by atoms with E-state index in [1.54, 1.807) is 24.4 Å². The van der Waals surface area contributed by atoms with Gasteiger partial charge in [-0.1, -0.05) is 29.5 Å². The number of rotatable bonds is 5. The van der Waals surface area contributed by atoms with Gasteiger partial charge in [0.1, 0.15) is 5.75 Å². The van der Waals surface area contributed by atoms with Crippen LogP contribution in [-0.2, 0) is 4.79 Å². The van der Waals surface area contributed by atoms with Crippen molar-refractivity contribution in [1.82, 2.24) is 19.9 Å². The largest absolute Gasteiger partial charge is 0.496 e. The van der Waals surface area contributed by atoms with Gasteiger partial charge in [0.25, 0.3) is 5.91 Å². The van der Waals surface area contributed by atoms with Crippen LogP contribution >= 0.6 is 11.3 Å². The molecule has 172 valence electrons. The van der Waals surface area contributed by atoms with E-state index in [4.69, 9.17) is 4.74 Å². The van der Waals surface area contributed by atoms with Crippen molar-refractivity contribution < 1.29 is 14.3 Å². The topological polar surface area (TPSA) is 110 Å². The van der Waals surface area contributed by atoms with Crippen molar-refractivity contribution in [2.75, 3.05) is 23.9 Å². The van der Waals surface area contributed by atoms with Gasteiger partial charge in [0.05, 0.1) is 18.9 Å². The average molecular weight is 475 g/mol. The van der Waals surface area contributed by atoms with E-state index >= 15 is 0 Å². The van der Waals surface area contributed by atoms with Crippen molar-refractivity contribution in [3.8, 4) is 16.9 Å². The molecule has 2 amide bonds. The molecule has 0 radical (unpaired) electrons. The van der Waals surface area contributed by atoms with Crippen molar-refractivity contribution in [3.63, 3.8) is 0 Å². The van der Waals surface area contributed by atoms with Gasteiger partial charge in [0.15, 0.2) is 21.4 Å². The molecule has 0 saturated carbocycles. The summed E-state index contributed by atoms with van der Waals surface area (Å²) in [4.78, 5) is 45.3. The summed E-state index contributed by atoms with van der Waals surface area (Å²) in [6, 6.07) is 9.38. The molecule has 3 aromatic heterocycles. The van der Waals surface area contributed by atoms with E-state index in [1.165, 1.54) is 11.3 Å². The molecule has 1 saturated heterocycles. The van der Waals surface area contributed by atoms with Gasteiger partial charge in [0.2, 0.25) is 5.91 Å². The number of fused-ring (bicyclic) bond motifs is 1. The Labute approximate surface area is 199 Å². The quantitative estimate of drug-likeness (QED) is 0.461. The fourth-order valence-electron chi connectivity index (χ4n) is 3.94. The molecule has 1 aliphatic heterocycles. The number of anilines is 2. The highest BCUT2D eigenvalue weighted by atomic mass is 32.1. The predicted molar refractivity (Wildman–Crippen MR) is 130 cm³/mol. The summed E-state index contributed by atoms with van der Waals surface area (Å²) >= 11 is 1.21. The lowest BCUT2D eigenvalue weighted by atomic mass is 9.99. The molecule has 5 rings (SSSR count). The first-order chi connectivity index (χ1) is 16.5. The second-order valence-electron chi connectivity index (χ2n) is 7.90. The molecule has 0 aliphatic carbocycles. The number of pyridine rings is 1. The first-order valence-corrected chi connectivity index (χ1v) is 11.7. The number of nitrogens with one attached hydrogen (secondary N) is 1. The van der Waals surface area contributed by atoms with Crippen LogP contribution in [0.3, 0.4) is 0 Å². The number of amides is 2. The molecule has 0 unspecified atom stereocenters. The number of carbonyl (C=O) groups excluding carboxylic acids is 2. The summed E-state index contributed by atoms with van der Waals surface area (Å²) in [5, 5.41) is 3.22. The molecule has 9 nitrogen and oxygen atoms in total. The van der Waals surface area contributed by atoms with Gasteiger partial charge in [-0.15, -0.1) is 0 Å². The summed E-state index contributed by atoms with van der Waals surface area (Å²) in [6.07, 6.45) is 5.46. The summed E-state index contributed by atoms with van der Waals surface area (Å²) < 4.78 is 5.49. The zero-order valence-electron chi connectivity index (χ0n) is 18.7. The summed E-state index contributed by atoms with van der Waals surface area (Å²) in [6.45, 7) is 2.50. The van der Waals surface area contributed by atoms with E-state index < -0.39 is 0 Å². The number of hydrogen-bond donors (Lipinski definition) is 1. The van der Waals surface area contributed by atoms with Crippen LogP contribution in [0, 0.1) is 6.92 Å². The maximum Gasteiger partial charge on any atom is 0.259 e. The lowest BCUT2D eigenvalue weighted by Crippen LogP contribution is -2.35. The number of carbonyl (C=O) groups is 2. The molecular weight excluding hydrogens is 452 g/mol. The Morgan fingerprint density at radius 1 is 1.12 bits per heavy atom. The minimum absolute atomic E-state index is 0.0497. The van der Waals surface area contributed by atoms with Crippen LogP contribution in [0.1, 0.15) is 35.3 Å². The SMILES string of the molecule is COc1ccccc1-c1cc(C)ncc1C(=O)Nc1nc2ncc(N3CCCCC3=O)nc2s1. The highest BCUT2D eigenvalue weighted by Gasteiger charge is 2.23. The van der Waals surface area contributed by atoms with Crippen LogP contribution in [0.5, 0.6) is 5.75 Å². The molecule has 4 heterocycles. The van der Waals surface area contributed by atoms with E-state index in [1.807, 2.05) is 37.3 Å². The van der Waals surface area contributed by atoms with Crippen LogP contribution in [0.15, 0.2) is 42.7 Å². The third-order valence-corrected chi connectivity index (χ3v) is 6.47. The Kier molecular flexibility index (Phi) is 5.89. The lowest BCUT2D eigenvalue weighted by molar-refractivity contribution is -0.119. The van der Waals surface area contributed by atoms with Crippen LogP contribution in [0.2, 0.25) is 0 Å². The van der Waals surface area contributed by atoms with Gasteiger partial charge in [-0.25, -0.2) is 9.97 Å². The number of benzene rings is 1. The Morgan fingerprint density at radius 2 is 1.97 bits per heavy atom. The first kappa shape index (κ1) is 21.9. The van der Waals surface area contributed by atoms with Gasteiger partial charge in [0, 0.05) is 36.0 Å². The van der Waals surface area contributed by atoms with E-state index in [-0.39, 0.29) is 11.8 Å². The third-order valence-electron chi connectivity index (χ3n) is 5.61. The van der Waals surface area contributed by atoms with Crippen molar-refractivity contribution in [1.29, 1.82) is 0 Å². The Hall–Kier alpha value is -3.92. The fraction of sp³-hybridized carbons (Fsp3) is 0.250. The number of hydrogen-bond acceptors (Lipinski definition) is 8. The van der Waals surface area contributed by atoms with E-state index in [0.29, 0.717) is 51.3 Å². The van der Waals surface area contributed by atoms with Gasteiger partial charge < -0.3 is 4.74 Å². The number of thiazole rings is 1. The predicted octanol–water partition coefficient (Wildman–Crippen LogP) is 4.23. The van der Waals surface area contributed by atoms with Gasteiger partial charge in [-0.2, -0.15) is 4.98 Å². The number of methoxy groups -OCH3 is 1. The fourth-order valence-corrected chi connectivity index (χ4v) is 4.73. The maximum absolute atomic E-state index is 13.2. The summed E-state index contributed by atoms with van der Waals surface area (Å²) in [5.74, 6) is 0.878. The number of ether oxygens (including phenoxy) is 1. The number of aromatic nitrogens is 4. The minimum atomic E-state index is -0.348. The molecule has 1 aliphatic rings. The van der Waals surface area contributed by atoms with Crippen molar-refractivity contribution in [2.45, 2.75) is 26.2 Å². The monoisotopic (exact) mass is 474 g/mol. The zero-order chi connectivity index (χ0) is 23.7. The van der Waals surface area contributed by atoms with Crippen LogP contribution < -0.4 is 15.0 Å². The van der Waals surface area contributed by atoms with Crippen LogP contribution in [0.4, 0.5) is 10.9 Å². The van der Waals surface area contributed by atoms with E-state index in [9.17, 15) is 9.59 Å². The normalized spacial score (nSPS) is 13.8. The second kappa shape index (κ2) is 9.14. The third kappa shape index (κ3) is 4.19. The number of nitrogens with zero attached hydrogens (tertiary/aromatic N) is 5. The zero-order valence-corrected chi connectivity index (χ0v) is 19.6. The van der Waals surface area contributed by atoms with Crippen molar-refractivity contribution in [3.05, 3.63) is 54.0 Å². The molecule has 10 heteroatoms. The maximum atomic E-state index is 13.2. The van der Waals surface area contributed by atoms with Crippen LogP contribution in [0.25, 0.3) is 21.6 Å². The molecule has 1 fully saturated rings. The van der Waals surface area contributed by atoms with E-state index in [2.05, 4.69) is 25.3 Å². The lowest BCUT2D eigenvalue weighted by Gasteiger charge is -2.25. The molecular formula is C24H22N6O3S. The summed E-state index contributed by atoms with van der Waals surface area (Å²) in [5.41, 5.74) is 3.11. The molecule has 1 aromatic carbocycles. The summed E-state index contributed by atoms with van der Waals surface area (Å²) in [7, 11) is 1.60. The van der Waals surface area contributed by atoms with Crippen LogP contribution in [-0.4, -0.2) is 45.4 Å². The number of para-hydroxylation sites is 1. The Morgan fingerprint density at radius 3 is 2.79 bits per heavy atom. The molecule has 4 aromatic rings. The highest BCUT2D eigenvalue weighted by molar-refractivity contribution is 7.21. The Balaban J connectivity index is 1.45. The van der Waals surface area contributed by atoms with Gasteiger partial charge in [-0.05, 0) is 31.9 Å². The average Bonchev–Trinajstić information content (AvgIpc) is 3.25. The Bertz CT molecular complexity index is 1400. The molecule has 0 bridgehead atoms. The van der Waals surface area contributed by atoms with Gasteiger partial charge in [-0.3, -0.25) is 24.8 Å². The van der Waals surface area contributed by atoms with Gasteiger partial charge >= 0.3 is 0 Å². The van der Waals surface area contributed by atoms with Crippen molar-refractivity contribution in [2.24, 2.45) is 0 Å². The number of piperidine rings is 1. The minimum Gasteiger partial charge on any atom is -0.496 e.